The molecule has 106 valence electrons. The Morgan fingerprint density at radius 2 is 2.19 bits per heavy atom. The van der Waals surface area contributed by atoms with Gasteiger partial charge < -0.3 is 15.5 Å². The number of primary amides is 1. The standard InChI is InChI=1S/C14H12BrN5O/c15-9-1-2-13-19-11(8-20(13)7-9)6-18-10-3-4-17-12(5-10)14(16)21/h1-5,7-8H,6H2,(H2,16,21)(H,17,18). The number of halogens is 1. The molecule has 3 aromatic rings. The van der Waals surface area contributed by atoms with Crippen molar-refractivity contribution in [2.24, 2.45) is 5.73 Å². The van der Waals surface area contributed by atoms with Crippen molar-refractivity contribution in [3.8, 4) is 0 Å². The number of anilines is 1. The zero-order chi connectivity index (χ0) is 14.8. The van der Waals surface area contributed by atoms with E-state index in [0.29, 0.717) is 6.54 Å². The molecule has 6 nitrogen and oxygen atoms in total. The number of pyridine rings is 2. The van der Waals surface area contributed by atoms with Gasteiger partial charge in [-0.25, -0.2) is 4.98 Å². The highest BCUT2D eigenvalue weighted by Crippen LogP contribution is 2.14. The molecule has 0 saturated carbocycles. The Kier molecular flexibility index (Phi) is 3.57. The first kappa shape index (κ1) is 13.6. The number of rotatable bonds is 4. The number of carbonyl (C=O) groups excluding carboxylic acids is 1. The van der Waals surface area contributed by atoms with Crippen LogP contribution in [-0.4, -0.2) is 20.3 Å². The number of hydrogen-bond acceptors (Lipinski definition) is 4. The molecular weight excluding hydrogens is 334 g/mol. The predicted octanol–water partition coefficient (Wildman–Crippen LogP) is 2.20. The molecule has 0 aliphatic rings. The molecule has 3 aromatic heterocycles. The van der Waals surface area contributed by atoms with Crippen LogP contribution in [0.3, 0.4) is 0 Å². The van der Waals surface area contributed by atoms with Gasteiger partial charge in [0.25, 0.3) is 5.91 Å². The van der Waals surface area contributed by atoms with E-state index in [-0.39, 0.29) is 5.69 Å². The number of nitrogens with zero attached hydrogens (tertiary/aromatic N) is 3. The van der Waals surface area contributed by atoms with E-state index in [1.54, 1.807) is 18.3 Å². The number of nitrogens with one attached hydrogen (secondary N) is 1. The highest BCUT2D eigenvalue weighted by atomic mass is 79.9. The molecule has 0 aliphatic heterocycles. The maximum absolute atomic E-state index is 11.1. The van der Waals surface area contributed by atoms with Gasteiger partial charge in [-0.15, -0.1) is 0 Å². The van der Waals surface area contributed by atoms with E-state index in [9.17, 15) is 4.79 Å². The molecule has 0 bridgehead atoms. The number of aromatic nitrogens is 3. The van der Waals surface area contributed by atoms with Gasteiger partial charge in [0.05, 0.1) is 12.2 Å². The van der Waals surface area contributed by atoms with Crippen LogP contribution in [0.1, 0.15) is 16.2 Å². The predicted molar refractivity (Wildman–Crippen MR) is 83.0 cm³/mol. The molecule has 3 heterocycles. The average molecular weight is 346 g/mol. The number of fused-ring (bicyclic) bond motifs is 1. The molecule has 0 saturated heterocycles. The normalized spacial score (nSPS) is 10.7. The summed E-state index contributed by atoms with van der Waals surface area (Å²) in [7, 11) is 0. The van der Waals surface area contributed by atoms with Crippen LogP contribution in [0.4, 0.5) is 5.69 Å². The molecule has 0 radical (unpaired) electrons. The van der Waals surface area contributed by atoms with E-state index in [2.05, 4.69) is 31.2 Å². The van der Waals surface area contributed by atoms with E-state index in [1.807, 2.05) is 28.9 Å². The third-order valence-corrected chi connectivity index (χ3v) is 3.42. The molecule has 0 atom stereocenters. The summed E-state index contributed by atoms with van der Waals surface area (Å²) in [5, 5.41) is 3.20. The first-order valence-electron chi connectivity index (χ1n) is 6.25. The fourth-order valence-corrected chi connectivity index (χ4v) is 2.32. The number of amides is 1. The third kappa shape index (κ3) is 3.03. The van der Waals surface area contributed by atoms with Gasteiger partial charge in [-0.1, -0.05) is 0 Å². The quantitative estimate of drug-likeness (QED) is 0.758. The van der Waals surface area contributed by atoms with Crippen LogP contribution >= 0.6 is 15.9 Å². The van der Waals surface area contributed by atoms with Crippen molar-refractivity contribution >= 4 is 33.2 Å². The van der Waals surface area contributed by atoms with Gasteiger partial charge in [-0.2, -0.15) is 0 Å². The Labute approximate surface area is 129 Å². The summed E-state index contributed by atoms with van der Waals surface area (Å²) in [5.74, 6) is -0.545. The molecule has 0 aromatic carbocycles. The van der Waals surface area contributed by atoms with Crippen LogP contribution in [0.2, 0.25) is 0 Å². The minimum Gasteiger partial charge on any atom is -0.379 e. The van der Waals surface area contributed by atoms with Crippen molar-refractivity contribution in [1.29, 1.82) is 0 Å². The summed E-state index contributed by atoms with van der Waals surface area (Å²) in [6.45, 7) is 0.543. The lowest BCUT2D eigenvalue weighted by Gasteiger charge is -2.04. The van der Waals surface area contributed by atoms with Gasteiger partial charge in [-0.05, 0) is 40.2 Å². The molecule has 21 heavy (non-hydrogen) atoms. The van der Waals surface area contributed by atoms with Crippen LogP contribution < -0.4 is 11.1 Å². The van der Waals surface area contributed by atoms with Gasteiger partial charge in [0.15, 0.2) is 0 Å². The maximum Gasteiger partial charge on any atom is 0.267 e. The summed E-state index contributed by atoms with van der Waals surface area (Å²) < 4.78 is 2.94. The molecule has 7 heteroatoms. The first-order chi connectivity index (χ1) is 10.1. The first-order valence-corrected chi connectivity index (χ1v) is 7.04. The zero-order valence-corrected chi connectivity index (χ0v) is 12.5. The number of nitrogens with two attached hydrogens (primary N) is 1. The van der Waals surface area contributed by atoms with Crippen molar-refractivity contribution in [1.82, 2.24) is 14.4 Å². The zero-order valence-electron chi connectivity index (χ0n) is 11.0. The summed E-state index contributed by atoms with van der Waals surface area (Å²) >= 11 is 3.42. The van der Waals surface area contributed by atoms with E-state index >= 15 is 0 Å². The van der Waals surface area contributed by atoms with Crippen LogP contribution in [0, 0.1) is 0 Å². The molecule has 3 rings (SSSR count). The Hall–Kier alpha value is -2.41. The molecule has 0 unspecified atom stereocenters. The van der Waals surface area contributed by atoms with E-state index < -0.39 is 5.91 Å². The van der Waals surface area contributed by atoms with Crippen LogP contribution in [0.25, 0.3) is 5.65 Å². The van der Waals surface area contributed by atoms with Gasteiger partial charge in [0.2, 0.25) is 0 Å². The van der Waals surface area contributed by atoms with Crippen molar-refractivity contribution < 1.29 is 4.79 Å². The second-order valence-electron chi connectivity index (χ2n) is 4.49. The minimum absolute atomic E-state index is 0.235. The topological polar surface area (TPSA) is 85.3 Å². The van der Waals surface area contributed by atoms with Crippen molar-refractivity contribution in [3.05, 3.63) is 58.7 Å². The van der Waals surface area contributed by atoms with Gasteiger partial charge in [0.1, 0.15) is 11.3 Å². The summed E-state index contributed by atoms with van der Waals surface area (Å²) in [6, 6.07) is 7.28. The Bertz CT molecular complexity index is 814. The average Bonchev–Trinajstić information content (AvgIpc) is 2.87. The second-order valence-corrected chi connectivity index (χ2v) is 5.41. The Balaban J connectivity index is 1.77. The lowest BCUT2D eigenvalue weighted by molar-refractivity contribution is 0.0995. The smallest absolute Gasteiger partial charge is 0.267 e. The fourth-order valence-electron chi connectivity index (χ4n) is 1.97. The van der Waals surface area contributed by atoms with Crippen molar-refractivity contribution in [2.45, 2.75) is 6.54 Å². The Morgan fingerprint density at radius 3 is 3.00 bits per heavy atom. The van der Waals surface area contributed by atoms with E-state index in [1.165, 1.54) is 0 Å². The molecule has 0 aliphatic carbocycles. The lowest BCUT2D eigenvalue weighted by Crippen LogP contribution is -2.13. The SMILES string of the molecule is NC(=O)c1cc(NCc2cn3cc(Br)ccc3n2)ccn1. The summed E-state index contributed by atoms with van der Waals surface area (Å²) in [5.41, 5.74) is 7.99. The Morgan fingerprint density at radius 1 is 1.33 bits per heavy atom. The van der Waals surface area contributed by atoms with Crippen LogP contribution in [0.5, 0.6) is 0 Å². The maximum atomic E-state index is 11.1. The molecule has 3 N–H and O–H groups in total. The summed E-state index contributed by atoms with van der Waals surface area (Å²) in [4.78, 5) is 19.5. The van der Waals surface area contributed by atoms with E-state index in [0.717, 1.165) is 21.5 Å². The summed E-state index contributed by atoms with van der Waals surface area (Å²) in [6.07, 6.45) is 5.44. The number of carbonyl (C=O) groups is 1. The highest BCUT2D eigenvalue weighted by molar-refractivity contribution is 9.10. The second kappa shape index (κ2) is 5.53. The largest absolute Gasteiger partial charge is 0.379 e. The third-order valence-electron chi connectivity index (χ3n) is 2.95. The molecule has 0 spiro atoms. The highest BCUT2D eigenvalue weighted by Gasteiger charge is 2.05. The molecule has 0 fully saturated rings. The monoisotopic (exact) mass is 345 g/mol. The minimum atomic E-state index is -0.545. The molecular formula is C14H12BrN5O. The lowest BCUT2D eigenvalue weighted by atomic mass is 10.3. The van der Waals surface area contributed by atoms with Gasteiger partial charge >= 0.3 is 0 Å². The fraction of sp³-hybridized carbons (Fsp3) is 0.0714. The molecule has 1 amide bonds. The van der Waals surface area contributed by atoms with Gasteiger partial charge in [-0.3, -0.25) is 9.78 Å². The van der Waals surface area contributed by atoms with Gasteiger partial charge in [0, 0.05) is 28.8 Å². The van der Waals surface area contributed by atoms with Crippen LogP contribution in [-0.2, 0) is 6.54 Å². The van der Waals surface area contributed by atoms with Crippen molar-refractivity contribution in [3.63, 3.8) is 0 Å². The number of imidazole rings is 1. The van der Waals surface area contributed by atoms with Crippen molar-refractivity contribution in [2.75, 3.05) is 5.32 Å². The van der Waals surface area contributed by atoms with Crippen LogP contribution in [0.15, 0.2) is 47.3 Å². The van der Waals surface area contributed by atoms with E-state index in [4.69, 9.17) is 5.73 Å². The number of hydrogen-bond donors (Lipinski definition) is 2.